The molecule has 7 rings (SSSR count). The zero-order valence-electron chi connectivity index (χ0n) is 39.9. The Morgan fingerprint density at radius 1 is 0.785 bits per heavy atom. The highest BCUT2D eigenvalue weighted by atomic mass is 16.5. The van der Waals surface area contributed by atoms with Crippen LogP contribution in [0.5, 0.6) is 0 Å². The molecule has 1 N–H and O–H groups in total. The van der Waals surface area contributed by atoms with Crippen LogP contribution in [0, 0.1) is 17.8 Å². The summed E-state index contributed by atoms with van der Waals surface area (Å²) in [5.41, 5.74) is 2.45. The van der Waals surface area contributed by atoms with Crippen LogP contribution >= 0.6 is 0 Å². The molecule has 3 amide bonds. The summed E-state index contributed by atoms with van der Waals surface area (Å²) in [6.07, 6.45) is 6.78. The average Bonchev–Trinajstić information content (AvgIpc) is 3.73. The summed E-state index contributed by atoms with van der Waals surface area (Å²) in [6, 6.07) is 13.0. The number of pyridine rings is 1. The first-order valence-electron chi connectivity index (χ1n) is 23.7. The van der Waals surface area contributed by atoms with Gasteiger partial charge in [-0.05, 0) is 134 Å². The third kappa shape index (κ3) is 10.9. The lowest BCUT2D eigenvalue weighted by molar-refractivity contribution is -0.159. The second kappa shape index (κ2) is 20.1. The summed E-state index contributed by atoms with van der Waals surface area (Å²) in [7, 11) is 2.17. The molecule has 2 aromatic carbocycles. The highest BCUT2D eigenvalue weighted by Crippen LogP contribution is 2.30. The number of aromatic nitrogens is 3. The summed E-state index contributed by atoms with van der Waals surface area (Å²) >= 11 is 0. The average molecular weight is 895 g/mol. The van der Waals surface area contributed by atoms with Crippen LogP contribution < -0.4 is 10.9 Å². The number of likely N-dealkylation sites (tertiary alicyclic amines) is 2. The molecule has 2 aromatic heterocycles. The van der Waals surface area contributed by atoms with Gasteiger partial charge in [-0.3, -0.25) is 28.6 Å². The number of amides is 3. The van der Waals surface area contributed by atoms with E-state index in [2.05, 4.69) is 22.2 Å². The minimum atomic E-state index is -0.813. The first kappa shape index (κ1) is 47.7. The van der Waals surface area contributed by atoms with Gasteiger partial charge in [-0.15, -0.1) is 0 Å². The van der Waals surface area contributed by atoms with Crippen LogP contribution in [0.2, 0.25) is 0 Å². The number of esters is 2. The third-order valence-electron chi connectivity index (χ3n) is 14.6. The van der Waals surface area contributed by atoms with Crippen molar-refractivity contribution in [3.8, 4) is 0 Å². The summed E-state index contributed by atoms with van der Waals surface area (Å²) in [5, 5.41) is 9.60. The molecule has 0 spiro atoms. The molecule has 0 saturated carbocycles. The number of carbonyl (C=O) groups is 4. The van der Waals surface area contributed by atoms with Crippen molar-refractivity contribution in [1.29, 1.82) is 0 Å². The Balaban J connectivity index is 1.06. The highest BCUT2D eigenvalue weighted by Gasteiger charge is 2.35. The molecular weight excluding hydrogens is 825 g/mol. The molecule has 0 aliphatic carbocycles. The molecule has 0 unspecified atom stereocenters. The number of aryl methyl sites for hydroxylation is 1. The maximum absolute atomic E-state index is 14.6. The second-order valence-electron chi connectivity index (χ2n) is 19.9. The number of hydrogen-bond donors (Lipinski definition) is 1. The van der Waals surface area contributed by atoms with Crippen LogP contribution in [0.3, 0.4) is 0 Å². The van der Waals surface area contributed by atoms with Crippen LogP contribution in [-0.4, -0.2) is 129 Å². The van der Waals surface area contributed by atoms with Crippen LogP contribution in [0.1, 0.15) is 103 Å². The lowest BCUT2D eigenvalue weighted by Gasteiger charge is -2.43. The molecule has 3 aliphatic heterocycles. The van der Waals surface area contributed by atoms with E-state index >= 15 is 0 Å². The van der Waals surface area contributed by atoms with Crippen LogP contribution in [0.15, 0.2) is 53.5 Å². The number of nitrogens with zero attached hydrogens (tertiary/aromatic N) is 7. The molecule has 65 heavy (non-hydrogen) atoms. The number of nitrogens with one attached hydrogen (secondary N) is 1. The fourth-order valence-corrected chi connectivity index (χ4v) is 9.28. The Bertz CT molecular complexity index is 2420. The Kier molecular flexibility index (Phi) is 14.7. The molecule has 15 nitrogen and oxygen atoms in total. The molecular formula is C50H70N8O7. The Labute approximate surface area is 383 Å². The van der Waals surface area contributed by atoms with Gasteiger partial charge in [-0.1, -0.05) is 38.1 Å². The standard InChI is InChI=1S/C50H70N8O7/c1-9-49(4,5)46(61)64-32-57-31-38-28-35(27-34(3)43(38)52-57)29-41(45(60)55-25-23-54(24-26-55)39-17-19-53(8)20-18-39)51-48(63)56-21-15-36(16-22-56)40-30-37-13-11-12-14-42(37)58(44(40)59)33-65-47(62)50(6,7)10-2/h11-14,27-28,30-31,36,39,41H,9-10,15-26,29,32-33H2,1-8H3,(H,51,63)/t41-/m1/s1. The molecule has 15 heteroatoms. The fraction of sp³-hybridized carbons (Fsp3) is 0.600. The zero-order chi connectivity index (χ0) is 46.6. The number of piperazine rings is 1. The minimum Gasteiger partial charge on any atom is -0.443 e. The maximum Gasteiger partial charge on any atom is 0.318 e. The van der Waals surface area contributed by atoms with E-state index in [1.165, 1.54) is 0 Å². The summed E-state index contributed by atoms with van der Waals surface area (Å²) < 4.78 is 14.5. The topological polar surface area (TPSA) is 152 Å². The maximum atomic E-state index is 14.6. The molecule has 3 saturated heterocycles. The van der Waals surface area contributed by atoms with E-state index < -0.39 is 16.9 Å². The van der Waals surface area contributed by atoms with Gasteiger partial charge in [0.15, 0.2) is 13.5 Å². The third-order valence-corrected chi connectivity index (χ3v) is 14.6. The van der Waals surface area contributed by atoms with Gasteiger partial charge >= 0.3 is 18.0 Å². The molecule has 0 bridgehead atoms. The fourth-order valence-electron chi connectivity index (χ4n) is 9.28. The molecule has 3 fully saturated rings. The van der Waals surface area contributed by atoms with Crippen molar-refractivity contribution in [3.63, 3.8) is 0 Å². The van der Waals surface area contributed by atoms with E-state index in [1.54, 1.807) is 14.1 Å². The number of benzene rings is 2. The second-order valence-corrected chi connectivity index (χ2v) is 19.9. The smallest absolute Gasteiger partial charge is 0.318 e. The summed E-state index contributed by atoms with van der Waals surface area (Å²) in [4.78, 5) is 77.1. The van der Waals surface area contributed by atoms with Crippen molar-refractivity contribution in [3.05, 3.63) is 75.7 Å². The first-order valence-corrected chi connectivity index (χ1v) is 23.7. The number of ether oxygens (including phenoxy) is 2. The number of para-hydroxylation sites is 1. The van der Waals surface area contributed by atoms with Crippen molar-refractivity contribution < 1.29 is 28.7 Å². The van der Waals surface area contributed by atoms with Gasteiger partial charge in [0.1, 0.15) is 6.04 Å². The minimum absolute atomic E-state index is 0.00688. The lowest BCUT2D eigenvalue weighted by Crippen LogP contribution is -2.59. The van der Waals surface area contributed by atoms with Crippen LogP contribution in [0.25, 0.3) is 21.8 Å². The first-order chi connectivity index (χ1) is 31.0. The van der Waals surface area contributed by atoms with Gasteiger partial charge in [-0.25, -0.2) is 9.48 Å². The summed E-state index contributed by atoms with van der Waals surface area (Å²) in [5.74, 6) is -0.852. The van der Waals surface area contributed by atoms with Gasteiger partial charge < -0.3 is 29.5 Å². The van der Waals surface area contributed by atoms with E-state index in [9.17, 15) is 24.0 Å². The van der Waals surface area contributed by atoms with Gasteiger partial charge in [0.2, 0.25) is 5.91 Å². The van der Waals surface area contributed by atoms with E-state index in [0.29, 0.717) is 69.0 Å². The van der Waals surface area contributed by atoms with Crippen molar-refractivity contribution in [2.75, 3.05) is 59.4 Å². The lowest BCUT2D eigenvalue weighted by atomic mass is 9.89. The molecule has 1 atom stereocenters. The van der Waals surface area contributed by atoms with E-state index in [0.717, 1.165) is 66.4 Å². The van der Waals surface area contributed by atoms with Crippen LogP contribution in [-0.2, 0) is 43.7 Å². The highest BCUT2D eigenvalue weighted by molar-refractivity contribution is 5.88. The Morgan fingerprint density at radius 3 is 2.06 bits per heavy atom. The number of carbonyl (C=O) groups excluding carboxylic acids is 4. The van der Waals surface area contributed by atoms with Crippen molar-refractivity contribution in [2.24, 2.45) is 10.8 Å². The number of rotatable bonds is 14. The van der Waals surface area contributed by atoms with Gasteiger partial charge in [0, 0.05) is 68.9 Å². The van der Waals surface area contributed by atoms with Gasteiger partial charge in [0.25, 0.3) is 5.56 Å². The number of fused-ring (bicyclic) bond motifs is 2. The van der Waals surface area contributed by atoms with Crippen molar-refractivity contribution >= 4 is 45.7 Å². The largest absolute Gasteiger partial charge is 0.443 e. The molecule has 3 aliphatic rings. The molecule has 352 valence electrons. The normalized spacial score (nSPS) is 18.0. The summed E-state index contributed by atoms with van der Waals surface area (Å²) in [6.45, 7) is 18.8. The van der Waals surface area contributed by atoms with Crippen molar-refractivity contribution in [1.82, 2.24) is 39.3 Å². The van der Waals surface area contributed by atoms with Crippen LogP contribution in [0.4, 0.5) is 4.79 Å². The Hall–Kier alpha value is -5.28. The SMILES string of the molecule is CCC(C)(C)C(=O)OCn1cc2cc(C[C@@H](NC(=O)N3CCC(c4cc5ccccc5n(COC(=O)C(C)(C)CC)c4=O)CC3)C(=O)N3CCN(C4CCN(C)CC4)CC3)cc(C)c2n1. The Morgan fingerprint density at radius 2 is 1.42 bits per heavy atom. The predicted molar refractivity (Wildman–Crippen MR) is 251 cm³/mol. The van der Waals surface area contributed by atoms with Gasteiger partial charge in [0.05, 0.1) is 21.9 Å². The molecule has 0 radical (unpaired) electrons. The van der Waals surface area contributed by atoms with E-state index in [4.69, 9.17) is 14.6 Å². The van der Waals surface area contributed by atoms with Gasteiger partial charge in [-0.2, -0.15) is 5.10 Å². The number of urea groups is 1. The molecule has 4 aromatic rings. The monoisotopic (exact) mass is 895 g/mol. The molecule has 5 heterocycles. The number of piperidine rings is 2. The number of hydrogen-bond acceptors (Lipinski definition) is 10. The van der Waals surface area contributed by atoms with Crippen molar-refractivity contribution in [2.45, 2.75) is 125 Å². The quantitative estimate of drug-likeness (QED) is 0.144. The van der Waals surface area contributed by atoms with E-state index in [-0.39, 0.29) is 55.2 Å². The predicted octanol–water partition coefficient (Wildman–Crippen LogP) is 6.27. The zero-order valence-corrected chi connectivity index (χ0v) is 39.9. The van der Waals surface area contributed by atoms with E-state index in [1.807, 2.05) is 102 Å².